The number of carbonyl (C=O) groups excluding carboxylic acids is 2. The van der Waals surface area contributed by atoms with Crippen LogP contribution in [0.4, 0.5) is 10.5 Å². The van der Waals surface area contributed by atoms with Gasteiger partial charge >= 0.3 is 12.1 Å². The SMILES string of the molecule is CC(C)N(Cc1cccc(OCCCCCC(=O)OC(=O)O)c1)C(=O)c1ccc(-c2cccc(N(C)C)c2)cc1. The number of ether oxygens (including phenoxy) is 2. The van der Waals surface area contributed by atoms with Crippen molar-refractivity contribution >= 4 is 23.7 Å². The van der Waals surface area contributed by atoms with Crippen molar-refractivity contribution in [2.75, 3.05) is 25.6 Å². The summed E-state index contributed by atoms with van der Waals surface area (Å²) in [6, 6.07) is 23.7. The first kappa shape index (κ1) is 30.2. The molecule has 3 aromatic rings. The van der Waals surface area contributed by atoms with Gasteiger partial charge in [-0.25, -0.2) is 4.79 Å². The molecule has 0 aliphatic heterocycles. The van der Waals surface area contributed by atoms with Gasteiger partial charge in [-0.1, -0.05) is 36.4 Å². The van der Waals surface area contributed by atoms with Crippen molar-refractivity contribution in [3.8, 4) is 16.9 Å². The molecular weight excluding hydrogens is 508 g/mol. The van der Waals surface area contributed by atoms with Crippen molar-refractivity contribution in [3.63, 3.8) is 0 Å². The molecule has 1 N–H and O–H groups in total. The molecule has 0 fully saturated rings. The van der Waals surface area contributed by atoms with E-state index < -0.39 is 12.1 Å². The summed E-state index contributed by atoms with van der Waals surface area (Å²) in [5.41, 5.74) is 4.88. The minimum absolute atomic E-state index is 0.00124. The standard InChI is InChI=1S/C32H38N2O6/c1-23(2)34(31(36)26-17-15-25(16-18-26)27-11-9-12-28(21-27)33(3)4)22-24-10-8-13-29(20-24)39-19-7-5-6-14-30(35)40-32(37)38/h8-13,15-18,20-21,23H,5-7,14,19,22H2,1-4H3,(H,37,38). The van der Waals surface area contributed by atoms with Gasteiger partial charge in [0.1, 0.15) is 5.75 Å². The van der Waals surface area contributed by atoms with Crippen LogP contribution in [0.1, 0.15) is 55.5 Å². The van der Waals surface area contributed by atoms with Gasteiger partial charge in [0.15, 0.2) is 0 Å². The first-order valence-electron chi connectivity index (χ1n) is 13.5. The lowest BCUT2D eigenvalue weighted by Crippen LogP contribution is -2.36. The second-order valence-electron chi connectivity index (χ2n) is 10.1. The summed E-state index contributed by atoms with van der Waals surface area (Å²) >= 11 is 0. The topological polar surface area (TPSA) is 96.4 Å². The zero-order valence-corrected chi connectivity index (χ0v) is 23.6. The second kappa shape index (κ2) is 14.7. The quantitative estimate of drug-likeness (QED) is 0.146. The van der Waals surface area contributed by atoms with Crippen molar-refractivity contribution in [1.82, 2.24) is 4.90 Å². The molecule has 0 atom stereocenters. The molecular formula is C32H38N2O6. The van der Waals surface area contributed by atoms with E-state index >= 15 is 0 Å². The van der Waals surface area contributed by atoms with Crippen molar-refractivity contribution in [2.45, 2.75) is 52.1 Å². The third-order valence-electron chi connectivity index (χ3n) is 6.46. The number of hydrogen-bond donors (Lipinski definition) is 1. The van der Waals surface area contributed by atoms with E-state index in [-0.39, 0.29) is 18.4 Å². The molecule has 1 amide bonds. The fourth-order valence-corrected chi connectivity index (χ4v) is 4.24. The van der Waals surface area contributed by atoms with Gasteiger partial charge in [-0.05, 0) is 86.2 Å². The van der Waals surface area contributed by atoms with Gasteiger partial charge in [-0.15, -0.1) is 0 Å². The number of carboxylic acid groups (broad SMARTS) is 1. The Balaban J connectivity index is 1.57. The maximum atomic E-state index is 13.5. The molecule has 40 heavy (non-hydrogen) atoms. The first-order valence-corrected chi connectivity index (χ1v) is 13.5. The number of anilines is 1. The molecule has 3 aromatic carbocycles. The molecule has 0 aliphatic carbocycles. The average molecular weight is 547 g/mol. The molecule has 3 rings (SSSR count). The van der Waals surface area contributed by atoms with Crippen molar-refractivity contribution < 1.29 is 29.0 Å². The highest BCUT2D eigenvalue weighted by Crippen LogP contribution is 2.25. The molecule has 0 spiro atoms. The third kappa shape index (κ3) is 9.15. The Bertz CT molecular complexity index is 1290. The van der Waals surface area contributed by atoms with E-state index in [9.17, 15) is 14.4 Å². The van der Waals surface area contributed by atoms with Crippen LogP contribution in [0.15, 0.2) is 72.8 Å². The van der Waals surface area contributed by atoms with Crippen LogP contribution < -0.4 is 9.64 Å². The minimum Gasteiger partial charge on any atom is -0.494 e. The van der Waals surface area contributed by atoms with Crippen LogP contribution in [0.5, 0.6) is 5.75 Å². The van der Waals surface area contributed by atoms with Crippen molar-refractivity contribution in [2.24, 2.45) is 0 Å². The number of unbranched alkanes of at least 4 members (excludes halogenated alkanes) is 2. The summed E-state index contributed by atoms with van der Waals surface area (Å²) in [5.74, 6) is -0.0595. The van der Waals surface area contributed by atoms with E-state index in [1.54, 1.807) is 0 Å². The van der Waals surface area contributed by atoms with E-state index in [2.05, 4.69) is 27.8 Å². The first-order chi connectivity index (χ1) is 19.1. The largest absolute Gasteiger partial charge is 0.513 e. The molecule has 0 aliphatic rings. The third-order valence-corrected chi connectivity index (χ3v) is 6.46. The Kier molecular flexibility index (Phi) is 11.1. The zero-order chi connectivity index (χ0) is 29.1. The predicted octanol–water partition coefficient (Wildman–Crippen LogP) is 6.63. The predicted molar refractivity (Wildman–Crippen MR) is 156 cm³/mol. The van der Waals surface area contributed by atoms with Crippen LogP contribution in [-0.2, 0) is 16.1 Å². The van der Waals surface area contributed by atoms with Gasteiger partial charge in [0, 0.05) is 44.4 Å². The highest BCUT2D eigenvalue weighted by Gasteiger charge is 2.19. The summed E-state index contributed by atoms with van der Waals surface area (Å²) in [6.45, 7) is 4.93. The molecule has 0 unspecified atom stereocenters. The number of amides is 1. The van der Waals surface area contributed by atoms with E-state index in [4.69, 9.17) is 9.84 Å². The molecule has 0 aromatic heterocycles. The van der Waals surface area contributed by atoms with E-state index in [1.165, 1.54) is 0 Å². The number of nitrogens with zero attached hydrogens (tertiary/aromatic N) is 2. The fourth-order valence-electron chi connectivity index (χ4n) is 4.24. The average Bonchev–Trinajstić information content (AvgIpc) is 2.93. The number of rotatable bonds is 13. The highest BCUT2D eigenvalue weighted by atomic mass is 16.7. The molecule has 0 bridgehead atoms. The van der Waals surface area contributed by atoms with Gasteiger partial charge in [0.25, 0.3) is 5.91 Å². The summed E-state index contributed by atoms with van der Waals surface area (Å²) in [5, 5.41) is 8.43. The molecule has 212 valence electrons. The van der Waals surface area contributed by atoms with Gasteiger partial charge in [-0.3, -0.25) is 9.59 Å². The Morgan fingerprint density at radius 2 is 1.57 bits per heavy atom. The Morgan fingerprint density at radius 1 is 0.850 bits per heavy atom. The Morgan fingerprint density at radius 3 is 2.25 bits per heavy atom. The van der Waals surface area contributed by atoms with Crippen LogP contribution in [-0.4, -0.2) is 54.8 Å². The van der Waals surface area contributed by atoms with Crippen LogP contribution in [0.2, 0.25) is 0 Å². The van der Waals surface area contributed by atoms with E-state index in [1.807, 2.05) is 87.4 Å². The van der Waals surface area contributed by atoms with Crippen LogP contribution in [0, 0.1) is 0 Å². The smallest absolute Gasteiger partial charge is 0.494 e. The van der Waals surface area contributed by atoms with Crippen LogP contribution >= 0.6 is 0 Å². The maximum Gasteiger partial charge on any atom is 0.513 e. The summed E-state index contributed by atoms with van der Waals surface area (Å²) in [6.07, 6.45) is 0.448. The minimum atomic E-state index is -1.58. The molecule has 8 nitrogen and oxygen atoms in total. The van der Waals surface area contributed by atoms with Crippen LogP contribution in [0.25, 0.3) is 11.1 Å². The highest BCUT2D eigenvalue weighted by molar-refractivity contribution is 5.95. The fraction of sp³-hybridized carbons (Fsp3) is 0.344. The molecule has 8 heteroatoms. The van der Waals surface area contributed by atoms with Crippen molar-refractivity contribution in [1.29, 1.82) is 0 Å². The lowest BCUT2D eigenvalue weighted by Gasteiger charge is -2.27. The van der Waals surface area contributed by atoms with Crippen molar-refractivity contribution in [3.05, 3.63) is 83.9 Å². The molecule has 0 heterocycles. The lowest BCUT2D eigenvalue weighted by molar-refractivity contribution is -0.139. The van der Waals surface area contributed by atoms with Gasteiger partial charge in [0.2, 0.25) is 0 Å². The monoisotopic (exact) mass is 546 g/mol. The zero-order valence-electron chi connectivity index (χ0n) is 23.6. The number of carbonyl (C=O) groups is 3. The second-order valence-corrected chi connectivity index (χ2v) is 10.1. The molecule has 0 saturated carbocycles. The number of esters is 1. The van der Waals surface area contributed by atoms with Gasteiger partial charge in [0.05, 0.1) is 6.61 Å². The Labute approximate surface area is 236 Å². The van der Waals surface area contributed by atoms with Crippen LogP contribution in [0.3, 0.4) is 0 Å². The summed E-state index contributed by atoms with van der Waals surface area (Å²) < 4.78 is 9.95. The summed E-state index contributed by atoms with van der Waals surface area (Å²) in [7, 11) is 4.03. The number of benzene rings is 3. The molecule has 0 radical (unpaired) electrons. The summed E-state index contributed by atoms with van der Waals surface area (Å²) in [4.78, 5) is 39.0. The lowest BCUT2D eigenvalue weighted by atomic mass is 10.0. The maximum absolute atomic E-state index is 13.5. The Hall–Kier alpha value is -4.33. The normalized spacial score (nSPS) is 10.7. The molecule has 0 saturated heterocycles. The number of hydrogen-bond acceptors (Lipinski definition) is 6. The van der Waals surface area contributed by atoms with E-state index in [0.29, 0.717) is 37.3 Å². The van der Waals surface area contributed by atoms with E-state index in [0.717, 1.165) is 28.8 Å². The van der Waals surface area contributed by atoms with Gasteiger partial charge in [-0.2, -0.15) is 0 Å². The van der Waals surface area contributed by atoms with Gasteiger partial charge < -0.3 is 24.4 Å².